The molecular weight excluding hydrogens is 390 g/mol. The zero-order valence-electron chi connectivity index (χ0n) is 18.1. The average Bonchev–Trinajstić information content (AvgIpc) is 2.79. The number of nitrogens with zero attached hydrogens (tertiary/aromatic N) is 2. The number of methoxy groups -OCH3 is 1. The van der Waals surface area contributed by atoms with E-state index in [1.165, 1.54) is 0 Å². The molecule has 0 saturated heterocycles. The van der Waals surface area contributed by atoms with E-state index < -0.39 is 6.09 Å². The van der Waals surface area contributed by atoms with Crippen molar-refractivity contribution in [1.29, 1.82) is 0 Å². The number of aromatic nitrogens is 1. The van der Waals surface area contributed by atoms with Gasteiger partial charge in [-0.25, -0.2) is 9.78 Å². The smallest absolute Gasteiger partial charge is 0.408 e. The number of para-hydroxylation sites is 1. The second-order valence-electron chi connectivity index (χ2n) is 7.38. The molecule has 0 atom stereocenters. The molecule has 3 aromatic carbocycles. The second kappa shape index (κ2) is 8.52. The largest absolute Gasteiger partial charge is 0.496 e. The Balaban J connectivity index is 1.99. The van der Waals surface area contributed by atoms with Crippen molar-refractivity contribution in [2.75, 3.05) is 25.8 Å². The van der Waals surface area contributed by atoms with Gasteiger partial charge in [-0.05, 0) is 43.7 Å². The SMILES string of the molecule is CNC(=O)OCN(c1ccccc1)c1c(C)c(OC)cc2nc3cc(C)ccc3cc12. The summed E-state index contributed by atoms with van der Waals surface area (Å²) in [6.07, 6.45) is -0.496. The number of aryl methyl sites for hydroxylation is 1. The van der Waals surface area contributed by atoms with Gasteiger partial charge in [0.05, 0.1) is 23.8 Å². The molecule has 0 aliphatic rings. The van der Waals surface area contributed by atoms with Crippen LogP contribution in [0.25, 0.3) is 21.8 Å². The fraction of sp³-hybridized carbons (Fsp3) is 0.200. The normalized spacial score (nSPS) is 10.8. The molecule has 31 heavy (non-hydrogen) atoms. The highest BCUT2D eigenvalue weighted by atomic mass is 16.6. The van der Waals surface area contributed by atoms with Crippen LogP contribution in [0.2, 0.25) is 0 Å². The zero-order valence-corrected chi connectivity index (χ0v) is 18.1. The van der Waals surface area contributed by atoms with Crippen LogP contribution < -0.4 is 15.0 Å². The summed E-state index contributed by atoms with van der Waals surface area (Å²) in [6.45, 7) is 4.10. The molecule has 4 rings (SSSR count). The topological polar surface area (TPSA) is 63.7 Å². The number of carbonyl (C=O) groups excluding carboxylic acids is 1. The maximum absolute atomic E-state index is 11.9. The number of pyridine rings is 1. The fourth-order valence-corrected chi connectivity index (χ4v) is 3.77. The predicted molar refractivity (Wildman–Crippen MR) is 124 cm³/mol. The summed E-state index contributed by atoms with van der Waals surface area (Å²) in [5, 5.41) is 4.51. The third-order valence-corrected chi connectivity index (χ3v) is 5.34. The van der Waals surface area contributed by atoms with Gasteiger partial charge in [0, 0.05) is 35.1 Å². The number of ether oxygens (including phenoxy) is 2. The number of hydrogen-bond acceptors (Lipinski definition) is 5. The standard InChI is InChI=1S/C25H25N3O3/c1-16-10-11-18-13-20-22(27-21(18)12-16)14-23(30-4)17(2)24(20)28(15-31-25(29)26-3)19-8-6-5-7-9-19/h5-14H,15H2,1-4H3,(H,26,29). The Morgan fingerprint density at radius 1 is 1.03 bits per heavy atom. The third-order valence-electron chi connectivity index (χ3n) is 5.34. The lowest BCUT2D eigenvalue weighted by atomic mass is 10.0. The van der Waals surface area contributed by atoms with Crippen LogP contribution in [0, 0.1) is 13.8 Å². The van der Waals surface area contributed by atoms with Crippen LogP contribution in [-0.4, -0.2) is 32.0 Å². The molecule has 0 spiro atoms. The predicted octanol–water partition coefficient (Wildman–Crippen LogP) is 5.47. The maximum Gasteiger partial charge on any atom is 0.408 e. The van der Waals surface area contributed by atoms with E-state index in [4.69, 9.17) is 14.5 Å². The first kappa shape index (κ1) is 20.5. The fourth-order valence-electron chi connectivity index (χ4n) is 3.77. The first-order valence-corrected chi connectivity index (χ1v) is 10.1. The Labute approximate surface area is 181 Å². The van der Waals surface area contributed by atoms with Crippen molar-refractivity contribution in [3.05, 3.63) is 71.8 Å². The maximum atomic E-state index is 11.9. The van der Waals surface area contributed by atoms with Gasteiger partial charge in [0.1, 0.15) is 5.75 Å². The lowest BCUT2D eigenvalue weighted by molar-refractivity contribution is 0.151. The summed E-state index contributed by atoms with van der Waals surface area (Å²) in [4.78, 5) is 18.7. The van der Waals surface area contributed by atoms with Crippen molar-refractivity contribution in [1.82, 2.24) is 10.3 Å². The summed E-state index contributed by atoms with van der Waals surface area (Å²) < 4.78 is 11.1. The molecule has 0 unspecified atom stereocenters. The van der Waals surface area contributed by atoms with Crippen LogP contribution in [0.5, 0.6) is 5.75 Å². The molecule has 6 heteroatoms. The van der Waals surface area contributed by atoms with Crippen LogP contribution in [0.15, 0.2) is 60.7 Å². The van der Waals surface area contributed by atoms with E-state index in [2.05, 4.69) is 36.5 Å². The number of carbonyl (C=O) groups is 1. The lowest BCUT2D eigenvalue weighted by Crippen LogP contribution is -2.28. The molecule has 0 aliphatic heterocycles. The number of nitrogens with one attached hydrogen (secondary N) is 1. The summed E-state index contributed by atoms with van der Waals surface area (Å²) in [5.74, 6) is 0.725. The molecule has 158 valence electrons. The summed E-state index contributed by atoms with van der Waals surface area (Å²) >= 11 is 0. The van der Waals surface area contributed by atoms with Gasteiger partial charge in [-0.2, -0.15) is 0 Å². The molecule has 1 N–H and O–H groups in total. The quantitative estimate of drug-likeness (QED) is 0.346. The molecule has 1 heterocycles. The second-order valence-corrected chi connectivity index (χ2v) is 7.38. The number of alkyl carbamates (subject to hydrolysis) is 1. The van der Waals surface area contributed by atoms with Gasteiger partial charge in [-0.15, -0.1) is 0 Å². The van der Waals surface area contributed by atoms with E-state index in [1.807, 2.05) is 48.2 Å². The van der Waals surface area contributed by atoms with E-state index in [1.54, 1.807) is 14.2 Å². The van der Waals surface area contributed by atoms with E-state index in [0.717, 1.165) is 50.1 Å². The van der Waals surface area contributed by atoms with Gasteiger partial charge >= 0.3 is 6.09 Å². The van der Waals surface area contributed by atoms with E-state index in [-0.39, 0.29) is 6.73 Å². The number of rotatable bonds is 5. The third kappa shape index (κ3) is 3.97. The number of hydrogen-bond donors (Lipinski definition) is 1. The van der Waals surface area contributed by atoms with Crippen LogP contribution >= 0.6 is 0 Å². The van der Waals surface area contributed by atoms with Crippen molar-refractivity contribution in [3.8, 4) is 5.75 Å². The monoisotopic (exact) mass is 415 g/mol. The van der Waals surface area contributed by atoms with Gasteiger partial charge in [-0.1, -0.05) is 30.3 Å². The Morgan fingerprint density at radius 2 is 1.81 bits per heavy atom. The van der Waals surface area contributed by atoms with Crippen molar-refractivity contribution < 1.29 is 14.3 Å². The number of fused-ring (bicyclic) bond motifs is 2. The highest BCUT2D eigenvalue weighted by Gasteiger charge is 2.21. The van der Waals surface area contributed by atoms with E-state index in [0.29, 0.717) is 0 Å². The van der Waals surface area contributed by atoms with Crippen LogP contribution in [0.1, 0.15) is 11.1 Å². The number of benzene rings is 3. The Hall–Kier alpha value is -3.80. The molecule has 6 nitrogen and oxygen atoms in total. The molecule has 4 aromatic rings. The van der Waals surface area contributed by atoms with Gasteiger partial charge in [0.2, 0.25) is 0 Å². The van der Waals surface area contributed by atoms with Gasteiger partial charge in [0.25, 0.3) is 0 Å². The Kier molecular flexibility index (Phi) is 5.62. The van der Waals surface area contributed by atoms with Crippen molar-refractivity contribution in [3.63, 3.8) is 0 Å². The Morgan fingerprint density at radius 3 is 2.52 bits per heavy atom. The van der Waals surface area contributed by atoms with Crippen LogP contribution in [0.4, 0.5) is 16.2 Å². The van der Waals surface area contributed by atoms with Crippen LogP contribution in [0.3, 0.4) is 0 Å². The average molecular weight is 415 g/mol. The summed E-state index contributed by atoms with van der Waals surface area (Å²) in [6, 6.07) is 20.1. The molecular formula is C25H25N3O3. The highest BCUT2D eigenvalue weighted by Crippen LogP contribution is 2.40. The van der Waals surface area contributed by atoms with Gasteiger partial charge in [-0.3, -0.25) is 0 Å². The molecule has 0 bridgehead atoms. The van der Waals surface area contributed by atoms with Crippen molar-refractivity contribution in [2.45, 2.75) is 13.8 Å². The minimum atomic E-state index is -0.496. The van der Waals surface area contributed by atoms with Crippen molar-refractivity contribution in [2.24, 2.45) is 0 Å². The van der Waals surface area contributed by atoms with Crippen LogP contribution in [-0.2, 0) is 4.74 Å². The molecule has 0 saturated carbocycles. The first-order valence-electron chi connectivity index (χ1n) is 10.1. The first-order chi connectivity index (χ1) is 15.0. The minimum Gasteiger partial charge on any atom is -0.496 e. The zero-order chi connectivity index (χ0) is 22.0. The summed E-state index contributed by atoms with van der Waals surface area (Å²) in [7, 11) is 3.19. The Bertz CT molecular complexity index is 1260. The summed E-state index contributed by atoms with van der Waals surface area (Å²) in [5.41, 5.74) is 5.62. The highest BCUT2D eigenvalue weighted by molar-refractivity contribution is 6.03. The van der Waals surface area contributed by atoms with E-state index in [9.17, 15) is 4.79 Å². The molecule has 0 radical (unpaired) electrons. The van der Waals surface area contributed by atoms with Gasteiger partial charge < -0.3 is 19.7 Å². The van der Waals surface area contributed by atoms with Crippen molar-refractivity contribution >= 4 is 39.3 Å². The lowest BCUT2D eigenvalue weighted by Gasteiger charge is -2.28. The van der Waals surface area contributed by atoms with Gasteiger partial charge in [0.15, 0.2) is 6.73 Å². The minimum absolute atomic E-state index is 0.0404. The van der Waals surface area contributed by atoms with E-state index >= 15 is 0 Å². The number of anilines is 2. The molecule has 1 amide bonds. The molecule has 1 aromatic heterocycles. The molecule has 0 aliphatic carbocycles. The molecule has 0 fully saturated rings. The number of amides is 1.